The average molecular weight is 431 g/mol. The van der Waals surface area contributed by atoms with Crippen molar-refractivity contribution in [2.45, 2.75) is 12.1 Å². The summed E-state index contributed by atoms with van der Waals surface area (Å²) in [7, 11) is 3.26. The Hall–Kier alpha value is -4.14. The van der Waals surface area contributed by atoms with Crippen LogP contribution >= 0.6 is 0 Å². The van der Waals surface area contributed by atoms with E-state index in [4.69, 9.17) is 4.74 Å². The summed E-state index contributed by atoms with van der Waals surface area (Å²) >= 11 is 0. The number of amides is 4. The highest BCUT2D eigenvalue weighted by atomic mass is 16.5. The van der Waals surface area contributed by atoms with Crippen molar-refractivity contribution in [1.82, 2.24) is 25.3 Å². The van der Waals surface area contributed by atoms with Gasteiger partial charge in [-0.15, -0.1) is 0 Å². The number of nitrogens with one attached hydrogen (secondary N) is 2. The Morgan fingerprint density at radius 3 is 2.56 bits per heavy atom. The molecule has 0 unspecified atom stereocenters. The van der Waals surface area contributed by atoms with Crippen molar-refractivity contribution in [2.24, 2.45) is 7.05 Å². The molecule has 1 fully saturated rings. The molecule has 1 atom stereocenters. The van der Waals surface area contributed by atoms with Gasteiger partial charge in [0.2, 0.25) is 0 Å². The fourth-order valence-electron chi connectivity index (χ4n) is 4.36. The standard InChI is InChI=1S/C23H21N5O4/c1-27-19(11-18(26-27)14-6-4-3-5-7-14)23(21(30)24-22(31)25-23)13-28-12-15-8-9-16(32-2)10-17(15)20(28)29/h3-11H,12-13H2,1-2H3,(H2,24,25,30,31)/t23-/m0/s1. The van der Waals surface area contributed by atoms with Crippen molar-refractivity contribution in [3.05, 3.63) is 71.4 Å². The Morgan fingerprint density at radius 2 is 1.88 bits per heavy atom. The minimum Gasteiger partial charge on any atom is -0.497 e. The number of carbonyl (C=O) groups excluding carboxylic acids is 3. The van der Waals surface area contributed by atoms with E-state index >= 15 is 0 Å². The summed E-state index contributed by atoms with van der Waals surface area (Å²) in [6, 6.07) is 16.0. The van der Waals surface area contributed by atoms with Crippen molar-refractivity contribution in [2.75, 3.05) is 13.7 Å². The number of hydrogen-bond donors (Lipinski definition) is 2. The van der Waals surface area contributed by atoms with Crippen molar-refractivity contribution >= 4 is 17.8 Å². The van der Waals surface area contributed by atoms with Gasteiger partial charge in [0.05, 0.1) is 25.0 Å². The number of nitrogens with zero attached hydrogens (tertiary/aromatic N) is 3. The lowest BCUT2D eigenvalue weighted by Crippen LogP contribution is -2.53. The SMILES string of the molecule is COc1ccc2c(c1)C(=O)N(C[C@@]1(c3cc(-c4ccccc4)nn3C)NC(=O)NC1=O)C2. The van der Waals surface area contributed by atoms with E-state index in [1.54, 1.807) is 41.9 Å². The first-order valence-electron chi connectivity index (χ1n) is 10.1. The second kappa shape index (κ2) is 7.23. The molecule has 32 heavy (non-hydrogen) atoms. The molecule has 4 amide bonds. The number of urea groups is 1. The second-order valence-electron chi connectivity index (χ2n) is 7.90. The summed E-state index contributed by atoms with van der Waals surface area (Å²) < 4.78 is 6.81. The van der Waals surface area contributed by atoms with Gasteiger partial charge in [-0.05, 0) is 23.8 Å². The molecule has 0 radical (unpaired) electrons. The van der Waals surface area contributed by atoms with E-state index in [0.717, 1.165) is 11.1 Å². The molecule has 0 bridgehead atoms. The first-order chi connectivity index (χ1) is 15.4. The van der Waals surface area contributed by atoms with Crippen LogP contribution in [0.25, 0.3) is 11.3 Å². The molecular weight excluding hydrogens is 410 g/mol. The number of benzene rings is 2. The van der Waals surface area contributed by atoms with Crippen molar-refractivity contribution < 1.29 is 19.1 Å². The number of aromatic nitrogens is 2. The molecule has 9 nitrogen and oxygen atoms in total. The Labute approximate surface area is 184 Å². The maximum absolute atomic E-state index is 13.1. The van der Waals surface area contributed by atoms with Crippen LogP contribution in [0, 0.1) is 0 Å². The highest BCUT2D eigenvalue weighted by Gasteiger charge is 2.52. The van der Waals surface area contributed by atoms with Crippen LogP contribution in [0.5, 0.6) is 5.75 Å². The van der Waals surface area contributed by atoms with Crippen molar-refractivity contribution in [3.63, 3.8) is 0 Å². The molecule has 0 aliphatic carbocycles. The van der Waals surface area contributed by atoms with Gasteiger partial charge in [-0.25, -0.2) is 4.79 Å². The van der Waals surface area contributed by atoms with Gasteiger partial charge in [0, 0.05) is 24.7 Å². The van der Waals surface area contributed by atoms with Gasteiger partial charge in [0.1, 0.15) is 5.75 Å². The lowest BCUT2D eigenvalue weighted by Gasteiger charge is -2.30. The van der Waals surface area contributed by atoms with E-state index in [0.29, 0.717) is 29.2 Å². The molecule has 2 aromatic carbocycles. The minimum atomic E-state index is -1.46. The molecule has 0 spiro atoms. The summed E-state index contributed by atoms with van der Waals surface area (Å²) in [5.74, 6) is -0.163. The number of aryl methyl sites for hydroxylation is 1. The summed E-state index contributed by atoms with van der Waals surface area (Å²) in [4.78, 5) is 40.0. The highest BCUT2D eigenvalue weighted by Crippen LogP contribution is 2.33. The summed E-state index contributed by atoms with van der Waals surface area (Å²) in [6.45, 7) is 0.292. The van der Waals surface area contributed by atoms with Gasteiger partial charge in [0.25, 0.3) is 11.8 Å². The fraction of sp³-hybridized carbons (Fsp3) is 0.217. The number of fused-ring (bicyclic) bond motifs is 1. The van der Waals surface area contributed by atoms with Crippen LogP contribution in [-0.4, -0.2) is 46.2 Å². The highest BCUT2D eigenvalue weighted by molar-refractivity contribution is 6.08. The lowest BCUT2D eigenvalue weighted by atomic mass is 9.93. The maximum atomic E-state index is 13.1. The maximum Gasteiger partial charge on any atom is 0.322 e. The van der Waals surface area contributed by atoms with Crippen LogP contribution in [-0.2, 0) is 23.9 Å². The Balaban J connectivity index is 1.54. The zero-order valence-electron chi connectivity index (χ0n) is 17.6. The predicted octanol–water partition coefficient (Wildman–Crippen LogP) is 1.79. The van der Waals surface area contributed by atoms with Crippen LogP contribution in [0.4, 0.5) is 4.79 Å². The van der Waals surface area contributed by atoms with E-state index in [2.05, 4.69) is 15.7 Å². The predicted molar refractivity (Wildman–Crippen MR) is 115 cm³/mol. The first-order valence-corrected chi connectivity index (χ1v) is 10.1. The largest absolute Gasteiger partial charge is 0.497 e. The number of methoxy groups -OCH3 is 1. The van der Waals surface area contributed by atoms with E-state index < -0.39 is 17.5 Å². The third-order valence-corrected chi connectivity index (χ3v) is 5.95. The van der Waals surface area contributed by atoms with Crippen LogP contribution in [0.15, 0.2) is 54.6 Å². The number of carbonyl (C=O) groups is 3. The number of hydrogen-bond acceptors (Lipinski definition) is 5. The smallest absolute Gasteiger partial charge is 0.322 e. The van der Waals surface area contributed by atoms with E-state index in [1.807, 2.05) is 36.4 Å². The molecule has 2 aliphatic rings. The topological polar surface area (TPSA) is 106 Å². The van der Waals surface area contributed by atoms with Gasteiger partial charge in [0.15, 0.2) is 5.54 Å². The van der Waals surface area contributed by atoms with Gasteiger partial charge < -0.3 is 15.0 Å². The number of ether oxygens (including phenoxy) is 1. The Kier molecular flexibility index (Phi) is 4.47. The average Bonchev–Trinajstić information content (AvgIpc) is 3.42. The second-order valence-corrected chi connectivity index (χ2v) is 7.90. The molecule has 3 heterocycles. The molecule has 1 aromatic heterocycles. The van der Waals surface area contributed by atoms with E-state index in [1.165, 1.54) is 0 Å². The zero-order chi connectivity index (χ0) is 22.5. The van der Waals surface area contributed by atoms with Crippen LogP contribution in [0.2, 0.25) is 0 Å². The van der Waals surface area contributed by atoms with Crippen LogP contribution in [0.3, 0.4) is 0 Å². The molecule has 0 saturated carbocycles. The van der Waals surface area contributed by atoms with Gasteiger partial charge >= 0.3 is 6.03 Å². The third kappa shape index (κ3) is 3.01. The summed E-state index contributed by atoms with van der Waals surface area (Å²) in [6.07, 6.45) is 0. The minimum absolute atomic E-state index is 0.0336. The van der Waals surface area contributed by atoms with Crippen LogP contribution in [0.1, 0.15) is 21.6 Å². The molecule has 3 aromatic rings. The van der Waals surface area contributed by atoms with Crippen molar-refractivity contribution in [3.8, 4) is 17.0 Å². The molecule has 2 aliphatic heterocycles. The Morgan fingerprint density at radius 1 is 1.09 bits per heavy atom. The Bertz CT molecular complexity index is 1250. The number of imide groups is 1. The third-order valence-electron chi connectivity index (χ3n) is 5.95. The molecule has 162 valence electrons. The fourth-order valence-corrected chi connectivity index (χ4v) is 4.36. The van der Waals surface area contributed by atoms with Crippen molar-refractivity contribution in [1.29, 1.82) is 0 Å². The number of rotatable bonds is 5. The molecule has 5 rings (SSSR count). The van der Waals surface area contributed by atoms with Gasteiger partial charge in [-0.3, -0.25) is 19.6 Å². The first kappa shape index (κ1) is 19.8. The monoisotopic (exact) mass is 431 g/mol. The zero-order valence-corrected chi connectivity index (χ0v) is 17.6. The molecule has 9 heteroatoms. The van der Waals surface area contributed by atoms with E-state index in [-0.39, 0.29) is 12.5 Å². The molecular formula is C23H21N5O4. The normalized spacial score (nSPS) is 19.7. The molecule has 1 saturated heterocycles. The van der Waals surface area contributed by atoms with Gasteiger partial charge in [-0.1, -0.05) is 36.4 Å². The van der Waals surface area contributed by atoms with Crippen LogP contribution < -0.4 is 15.4 Å². The summed E-state index contributed by atoms with van der Waals surface area (Å²) in [5, 5.41) is 9.63. The van der Waals surface area contributed by atoms with E-state index in [9.17, 15) is 14.4 Å². The van der Waals surface area contributed by atoms with Gasteiger partial charge in [-0.2, -0.15) is 5.10 Å². The lowest BCUT2D eigenvalue weighted by molar-refractivity contribution is -0.125. The molecule has 2 N–H and O–H groups in total. The summed E-state index contributed by atoms with van der Waals surface area (Å²) in [5.41, 5.74) is 1.93. The quantitative estimate of drug-likeness (QED) is 0.599.